The summed E-state index contributed by atoms with van der Waals surface area (Å²) in [4.78, 5) is 0. The van der Waals surface area contributed by atoms with Gasteiger partial charge in [0.25, 0.3) is 0 Å². The van der Waals surface area contributed by atoms with Gasteiger partial charge in [0, 0.05) is 12.0 Å². The van der Waals surface area contributed by atoms with Crippen molar-refractivity contribution >= 4 is 0 Å². The lowest BCUT2D eigenvalue weighted by Crippen LogP contribution is -2.29. The molecule has 0 aliphatic heterocycles. The SMILES string of the molecule is OC1(Oc2ccccc2)CCc2ccccc21. The molecule has 86 valence electrons. The number of hydrogen-bond acceptors (Lipinski definition) is 2. The molecule has 0 radical (unpaired) electrons. The van der Waals surface area contributed by atoms with Crippen LogP contribution in [0.1, 0.15) is 17.5 Å². The largest absolute Gasteiger partial charge is 0.458 e. The van der Waals surface area contributed by atoms with E-state index < -0.39 is 5.79 Å². The minimum absolute atomic E-state index is 0.612. The first-order chi connectivity index (χ1) is 8.28. The number of ether oxygens (including phenoxy) is 1. The molecular formula is C15H14O2. The molecule has 2 nitrogen and oxygen atoms in total. The molecular weight excluding hydrogens is 212 g/mol. The van der Waals surface area contributed by atoms with E-state index in [9.17, 15) is 5.11 Å². The first-order valence-electron chi connectivity index (χ1n) is 5.83. The average molecular weight is 226 g/mol. The fourth-order valence-electron chi connectivity index (χ4n) is 2.35. The van der Waals surface area contributed by atoms with Crippen molar-refractivity contribution < 1.29 is 9.84 Å². The van der Waals surface area contributed by atoms with Crippen LogP contribution in [0.3, 0.4) is 0 Å². The van der Waals surface area contributed by atoms with Crippen molar-refractivity contribution in [1.29, 1.82) is 0 Å². The van der Waals surface area contributed by atoms with Gasteiger partial charge in [0.15, 0.2) is 0 Å². The Bertz CT molecular complexity index is 521. The summed E-state index contributed by atoms with van der Waals surface area (Å²) in [6.07, 6.45) is 1.47. The Morgan fingerprint density at radius 2 is 1.65 bits per heavy atom. The monoisotopic (exact) mass is 226 g/mol. The highest BCUT2D eigenvalue weighted by molar-refractivity contribution is 5.36. The molecule has 0 bridgehead atoms. The van der Waals surface area contributed by atoms with E-state index in [4.69, 9.17) is 4.74 Å². The summed E-state index contributed by atoms with van der Waals surface area (Å²) in [5.41, 5.74) is 2.06. The average Bonchev–Trinajstić information content (AvgIpc) is 2.69. The van der Waals surface area contributed by atoms with Crippen LogP contribution in [0, 0.1) is 0 Å². The summed E-state index contributed by atoms with van der Waals surface area (Å²) in [6.45, 7) is 0. The van der Waals surface area contributed by atoms with Gasteiger partial charge >= 0.3 is 0 Å². The predicted molar refractivity (Wildman–Crippen MR) is 65.7 cm³/mol. The van der Waals surface area contributed by atoms with Crippen molar-refractivity contribution in [3.63, 3.8) is 0 Å². The second-order valence-corrected chi connectivity index (χ2v) is 4.36. The molecule has 2 aromatic rings. The molecule has 0 saturated heterocycles. The molecule has 0 aromatic heterocycles. The maximum absolute atomic E-state index is 10.6. The van der Waals surface area contributed by atoms with E-state index in [-0.39, 0.29) is 0 Å². The van der Waals surface area contributed by atoms with E-state index in [1.165, 1.54) is 5.56 Å². The fourth-order valence-corrected chi connectivity index (χ4v) is 2.35. The number of aliphatic hydroxyl groups is 1. The molecule has 1 unspecified atom stereocenters. The van der Waals surface area contributed by atoms with Crippen molar-refractivity contribution in [2.75, 3.05) is 0 Å². The molecule has 0 fully saturated rings. The number of fused-ring (bicyclic) bond motifs is 1. The van der Waals surface area contributed by atoms with Gasteiger partial charge in [0.1, 0.15) is 5.75 Å². The van der Waals surface area contributed by atoms with E-state index in [2.05, 4.69) is 0 Å². The minimum atomic E-state index is -1.17. The molecule has 1 aliphatic rings. The molecule has 2 aromatic carbocycles. The zero-order valence-corrected chi connectivity index (χ0v) is 9.47. The van der Waals surface area contributed by atoms with Gasteiger partial charge in [-0.15, -0.1) is 0 Å². The van der Waals surface area contributed by atoms with E-state index in [1.807, 2.05) is 54.6 Å². The lowest BCUT2D eigenvalue weighted by atomic mass is 10.1. The lowest BCUT2D eigenvalue weighted by molar-refractivity contribution is -0.143. The molecule has 2 heteroatoms. The summed E-state index contributed by atoms with van der Waals surface area (Å²) in [5, 5.41) is 10.6. The third-order valence-electron chi connectivity index (χ3n) is 3.20. The highest BCUT2D eigenvalue weighted by Gasteiger charge is 2.38. The van der Waals surface area contributed by atoms with Crippen molar-refractivity contribution in [3.05, 3.63) is 65.7 Å². The Balaban J connectivity index is 1.94. The first kappa shape index (κ1) is 10.4. The third-order valence-corrected chi connectivity index (χ3v) is 3.20. The Hall–Kier alpha value is -1.80. The zero-order valence-electron chi connectivity index (χ0n) is 9.47. The summed E-state index contributed by atoms with van der Waals surface area (Å²) < 4.78 is 5.74. The summed E-state index contributed by atoms with van der Waals surface area (Å²) in [5.74, 6) is -0.468. The maximum atomic E-state index is 10.6. The first-order valence-corrected chi connectivity index (χ1v) is 5.83. The van der Waals surface area contributed by atoms with Gasteiger partial charge in [-0.05, 0) is 24.1 Å². The van der Waals surface area contributed by atoms with Gasteiger partial charge in [-0.2, -0.15) is 0 Å². The topological polar surface area (TPSA) is 29.5 Å². The van der Waals surface area contributed by atoms with Gasteiger partial charge in [-0.3, -0.25) is 0 Å². The van der Waals surface area contributed by atoms with Crippen LogP contribution in [0.25, 0.3) is 0 Å². The molecule has 3 rings (SSSR count). The second kappa shape index (κ2) is 3.90. The van der Waals surface area contributed by atoms with Crippen molar-refractivity contribution in [1.82, 2.24) is 0 Å². The molecule has 0 saturated carbocycles. The van der Waals surface area contributed by atoms with Crippen LogP contribution in [-0.2, 0) is 12.2 Å². The molecule has 0 spiro atoms. The van der Waals surface area contributed by atoms with Gasteiger partial charge in [-0.1, -0.05) is 42.5 Å². The molecule has 1 atom stereocenters. The zero-order chi connectivity index (χ0) is 11.7. The van der Waals surface area contributed by atoms with Gasteiger partial charge in [0.05, 0.1) is 0 Å². The van der Waals surface area contributed by atoms with E-state index >= 15 is 0 Å². The Labute approximate surface area is 100 Å². The molecule has 1 aliphatic carbocycles. The quantitative estimate of drug-likeness (QED) is 0.798. The van der Waals surface area contributed by atoms with E-state index in [0.29, 0.717) is 12.2 Å². The second-order valence-electron chi connectivity index (χ2n) is 4.36. The third kappa shape index (κ3) is 1.81. The smallest absolute Gasteiger partial charge is 0.235 e. The van der Waals surface area contributed by atoms with E-state index in [0.717, 1.165) is 12.0 Å². The molecule has 0 heterocycles. The van der Waals surface area contributed by atoms with Crippen LogP contribution < -0.4 is 4.74 Å². The normalized spacial score (nSPS) is 22.2. The van der Waals surface area contributed by atoms with Crippen LogP contribution in [0.15, 0.2) is 54.6 Å². The molecule has 1 N–H and O–H groups in total. The predicted octanol–water partition coefficient (Wildman–Crippen LogP) is 2.86. The van der Waals surface area contributed by atoms with E-state index in [1.54, 1.807) is 0 Å². The summed E-state index contributed by atoms with van der Waals surface area (Å²) in [7, 11) is 0. The molecule has 0 amide bonds. The Morgan fingerprint density at radius 3 is 2.47 bits per heavy atom. The number of benzene rings is 2. The molecule has 17 heavy (non-hydrogen) atoms. The van der Waals surface area contributed by atoms with Crippen molar-refractivity contribution in [3.8, 4) is 5.75 Å². The lowest BCUT2D eigenvalue weighted by Gasteiger charge is -2.25. The van der Waals surface area contributed by atoms with Crippen molar-refractivity contribution in [2.45, 2.75) is 18.6 Å². The highest BCUT2D eigenvalue weighted by Crippen LogP contribution is 2.38. The maximum Gasteiger partial charge on any atom is 0.235 e. The standard InChI is InChI=1S/C15H14O2/c16-15(17-13-7-2-1-3-8-13)11-10-12-6-4-5-9-14(12)15/h1-9,16H,10-11H2. The minimum Gasteiger partial charge on any atom is -0.458 e. The Kier molecular flexibility index (Phi) is 2.37. The number of para-hydroxylation sites is 1. The van der Waals surface area contributed by atoms with Gasteiger partial charge in [0.2, 0.25) is 5.79 Å². The Morgan fingerprint density at radius 1 is 0.941 bits per heavy atom. The van der Waals surface area contributed by atoms with Crippen LogP contribution in [0.2, 0.25) is 0 Å². The fraction of sp³-hybridized carbons (Fsp3) is 0.200. The summed E-state index contributed by atoms with van der Waals surface area (Å²) in [6, 6.07) is 17.4. The van der Waals surface area contributed by atoms with Crippen LogP contribution in [-0.4, -0.2) is 5.11 Å². The van der Waals surface area contributed by atoms with Crippen LogP contribution in [0.4, 0.5) is 0 Å². The summed E-state index contributed by atoms with van der Waals surface area (Å²) >= 11 is 0. The number of hydrogen-bond donors (Lipinski definition) is 1. The highest BCUT2D eigenvalue weighted by atomic mass is 16.6. The number of aryl methyl sites for hydroxylation is 1. The van der Waals surface area contributed by atoms with Gasteiger partial charge in [-0.25, -0.2) is 0 Å². The van der Waals surface area contributed by atoms with Crippen LogP contribution in [0.5, 0.6) is 5.75 Å². The van der Waals surface area contributed by atoms with Crippen LogP contribution >= 0.6 is 0 Å². The van der Waals surface area contributed by atoms with Crippen molar-refractivity contribution in [2.24, 2.45) is 0 Å². The van der Waals surface area contributed by atoms with Gasteiger partial charge < -0.3 is 9.84 Å². The number of rotatable bonds is 2.